The summed E-state index contributed by atoms with van der Waals surface area (Å²) < 4.78 is 10.5. The van der Waals surface area contributed by atoms with Crippen molar-refractivity contribution in [3.8, 4) is 11.5 Å². The molecule has 0 fully saturated rings. The number of carbonyl (C=O) groups is 1. The highest BCUT2D eigenvalue weighted by atomic mass is 16.5. The standard InChI is InChI=1S/C21H25NO3/c1-14-6-9-18(15(2)12-14)16(3)22-21(23)11-8-17-7-10-19(24-4)20(13-17)25-5/h6-13,16H,1-5H3,(H,22,23)/b11-8+. The Labute approximate surface area is 149 Å². The van der Waals surface area contributed by atoms with Crippen molar-refractivity contribution in [3.63, 3.8) is 0 Å². The molecule has 0 bridgehead atoms. The van der Waals surface area contributed by atoms with Gasteiger partial charge in [-0.3, -0.25) is 4.79 Å². The number of amides is 1. The highest BCUT2D eigenvalue weighted by Gasteiger charge is 2.10. The molecule has 0 radical (unpaired) electrons. The van der Waals surface area contributed by atoms with Crippen LogP contribution in [-0.2, 0) is 4.79 Å². The summed E-state index contributed by atoms with van der Waals surface area (Å²) in [6.45, 7) is 6.11. The van der Waals surface area contributed by atoms with Crippen LogP contribution in [0.3, 0.4) is 0 Å². The fourth-order valence-corrected chi connectivity index (χ4v) is 2.78. The summed E-state index contributed by atoms with van der Waals surface area (Å²) in [6.07, 6.45) is 3.29. The molecule has 1 unspecified atom stereocenters. The summed E-state index contributed by atoms with van der Waals surface area (Å²) >= 11 is 0. The van der Waals surface area contributed by atoms with E-state index >= 15 is 0 Å². The number of hydrogen-bond acceptors (Lipinski definition) is 3. The minimum atomic E-state index is -0.137. The van der Waals surface area contributed by atoms with Gasteiger partial charge in [-0.2, -0.15) is 0 Å². The Morgan fingerprint density at radius 1 is 1.04 bits per heavy atom. The molecule has 2 aromatic rings. The molecule has 0 spiro atoms. The number of benzene rings is 2. The first-order valence-electron chi connectivity index (χ1n) is 8.22. The zero-order chi connectivity index (χ0) is 18.4. The number of rotatable bonds is 6. The predicted molar refractivity (Wildman–Crippen MR) is 101 cm³/mol. The molecule has 2 aromatic carbocycles. The van der Waals surface area contributed by atoms with Crippen molar-refractivity contribution < 1.29 is 14.3 Å². The summed E-state index contributed by atoms with van der Waals surface area (Å²) in [5, 5.41) is 3.00. The van der Waals surface area contributed by atoms with E-state index in [9.17, 15) is 4.79 Å². The number of aryl methyl sites for hydroxylation is 2. The van der Waals surface area contributed by atoms with Gasteiger partial charge in [0, 0.05) is 6.08 Å². The molecule has 0 saturated heterocycles. The van der Waals surface area contributed by atoms with E-state index in [-0.39, 0.29) is 11.9 Å². The smallest absolute Gasteiger partial charge is 0.244 e. The molecule has 2 rings (SSSR count). The van der Waals surface area contributed by atoms with Gasteiger partial charge in [-0.15, -0.1) is 0 Å². The van der Waals surface area contributed by atoms with Crippen LogP contribution in [0, 0.1) is 13.8 Å². The van der Waals surface area contributed by atoms with Crippen molar-refractivity contribution in [2.24, 2.45) is 0 Å². The maximum absolute atomic E-state index is 12.2. The van der Waals surface area contributed by atoms with E-state index in [2.05, 4.69) is 37.4 Å². The number of hydrogen-bond donors (Lipinski definition) is 1. The second kappa shape index (κ2) is 8.38. The molecule has 25 heavy (non-hydrogen) atoms. The van der Waals surface area contributed by atoms with Crippen LogP contribution in [0.25, 0.3) is 6.08 Å². The van der Waals surface area contributed by atoms with Crippen molar-refractivity contribution in [3.05, 3.63) is 64.7 Å². The first kappa shape index (κ1) is 18.6. The molecule has 0 aromatic heterocycles. The Balaban J connectivity index is 2.05. The van der Waals surface area contributed by atoms with Gasteiger partial charge in [-0.1, -0.05) is 29.8 Å². The largest absolute Gasteiger partial charge is 0.493 e. The van der Waals surface area contributed by atoms with E-state index in [1.54, 1.807) is 20.3 Å². The van der Waals surface area contributed by atoms with Gasteiger partial charge in [0.2, 0.25) is 5.91 Å². The Morgan fingerprint density at radius 3 is 2.40 bits per heavy atom. The number of ether oxygens (including phenoxy) is 2. The van der Waals surface area contributed by atoms with Crippen LogP contribution in [0.15, 0.2) is 42.5 Å². The average molecular weight is 339 g/mol. The molecular weight excluding hydrogens is 314 g/mol. The van der Waals surface area contributed by atoms with Gasteiger partial charge >= 0.3 is 0 Å². The molecule has 0 saturated carbocycles. The molecule has 4 nitrogen and oxygen atoms in total. The van der Waals surface area contributed by atoms with E-state index in [1.807, 2.05) is 25.1 Å². The van der Waals surface area contributed by atoms with E-state index in [0.29, 0.717) is 11.5 Å². The first-order chi connectivity index (χ1) is 11.9. The second-order valence-electron chi connectivity index (χ2n) is 6.04. The average Bonchev–Trinajstić information content (AvgIpc) is 2.59. The van der Waals surface area contributed by atoms with Crippen molar-refractivity contribution in [2.75, 3.05) is 14.2 Å². The monoisotopic (exact) mass is 339 g/mol. The maximum Gasteiger partial charge on any atom is 0.244 e. The molecular formula is C21H25NO3. The van der Waals surface area contributed by atoms with Crippen LogP contribution in [0.4, 0.5) is 0 Å². The molecule has 132 valence electrons. The molecule has 1 amide bonds. The lowest BCUT2D eigenvalue weighted by molar-refractivity contribution is -0.117. The molecule has 1 N–H and O–H groups in total. The van der Waals surface area contributed by atoms with Gasteiger partial charge in [0.1, 0.15) is 0 Å². The van der Waals surface area contributed by atoms with Crippen LogP contribution >= 0.6 is 0 Å². The van der Waals surface area contributed by atoms with E-state index in [0.717, 1.165) is 11.1 Å². The third-order valence-corrected chi connectivity index (χ3v) is 4.09. The van der Waals surface area contributed by atoms with Crippen LogP contribution in [0.1, 0.15) is 35.2 Å². The highest BCUT2D eigenvalue weighted by molar-refractivity contribution is 5.92. The van der Waals surface area contributed by atoms with Crippen LogP contribution in [-0.4, -0.2) is 20.1 Å². The molecule has 0 aliphatic rings. The predicted octanol–water partition coefficient (Wildman–Crippen LogP) is 4.21. The molecule has 4 heteroatoms. The lowest BCUT2D eigenvalue weighted by Crippen LogP contribution is -2.25. The van der Waals surface area contributed by atoms with Gasteiger partial charge < -0.3 is 14.8 Å². The lowest BCUT2D eigenvalue weighted by Gasteiger charge is -2.16. The van der Waals surface area contributed by atoms with E-state index in [1.165, 1.54) is 17.2 Å². The maximum atomic E-state index is 12.2. The summed E-state index contributed by atoms with van der Waals surface area (Å²) in [7, 11) is 3.18. The van der Waals surface area contributed by atoms with Crippen molar-refractivity contribution in [1.29, 1.82) is 0 Å². The number of methoxy groups -OCH3 is 2. The Bertz CT molecular complexity index is 781. The third kappa shape index (κ3) is 4.86. The normalized spacial score (nSPS) is 12.0. The zero-order valence-electron chi connectivity index (χ0n) is 15.4. The number of nitrogens with one attached hydrogen (secondary N) is 1. The molecule has 0 heterocycles. The minimum absolute atomic E-state index is 0.0526. The molecule has 0 aliphatic heterocycles. The van der Waals surface area contributed by atoms with Crippen molar-refractivity contribution in [2.45, 2.75) is 26.8 Å². The van der Waals surface area contributed by atoms with Crippen LogP contribution < -0.4 is 14.8 Å². The Hall–Kier alpha value is -2.75. The zero-order valence-corrected chi connectivity index (χ0v) is 15.4. The van der Waals surface area contributed by atoms with E-state index in [4.69, 9.17) is 9.47 Å². The quantitative estimate of drug-likeness (QED) is 0.802. The van der Waals surface area contributed by atoms with Gasteiger partial charge in [-0.05, 0) is 55.7 Å². The molecule has 1 atom stereocenters. The van der Waals surface area contributed by atoms with Crippen LogP contribution in [0.5, 0.6) is 11.5 Å². The fraction of sp³-hybridized carbons (Fsp3) is 0.286. The SMILES string of the molecule is COc1ccc(/C=C/C(=O)NC(C)c2ccc(C)cc2C)cc1OC. The number of carbonyl (C=O) groups excluding carboxylic acids is 1. The fourth-order valence-electron chi connectivity index (χ4n) is 2.78. The van der Waals surface area contributed by atoms with Gasteiger partial charge in [0.15, 0.2) is 11.5 Å². The molecule has 0 aliphatic carbocycles. The lowest BCUT2D eigenvalue weighted by atomic mass is 10.0. The second-order valence-corrected chi connectivity index (χ2v) is 6.04. The topological polar surface area (TPSA) is 47.6 Å². The summed E-state index contributed by atoms with van der Waals surface area (Å²) in [5.74, 6) is 1.16. The first-order valence-corrected chi connectivity index (χ1v) is 8.22. The Kier molecular flexibility index (Phi) is 6.23. The van der Waals surface area contributed by atoms with Gasteiger partial charge in [0.05, 0.1) is 20.3 Å². The van der Waals surface area contributed by atoms with Crippen molar-refractivity contribution >= 4 is 12.0 Å². The van der Waals surface area contributed by atoms with Crippen molar-refractivity contribution in [1.82, 2.24) is 5.32 Å². The highest BCUT2D eigenvalue weighted by Crippen LogP contribution is 2.28. The summed E-state index contributed by atoms with van der Waals surface area (Å²) in [5.41, 5.74) is 4.38. The summed E-state index contributed by atoms with van der Waals surface area (Å²) in [6, 6.07) is 11.7. The third-order valence-electron chi connectivity index (χ3n) is 4.09. The summed E-state index contributed by atoms with van der Waals surface area (Å²) in [4.78, 5) is 12.2. The van der Waals surface area contributed by atoms with Gasteiger partial charge in [-0.25, -0.2) is 0 Å². The minimum Gasteiger partial charge on any atom is -0.493 e. The van der Waals surface area contributed by atoms with E-state index < -0.39 is 0 Å². The van der Waals surface area contributed by atoms with Gasteiger partial charge in [0.25, 0.3) is 0 Å². The Morgan fingerprint density at radius 2 is 1.76 bits per heavy atom. The van der Waals surface area contributed by atoms with Crippen LogP contribution in [0.2, 0.25) is 0 Å².